The molecule has 0 aromatic rings. The lowest BCUT2D eigenvalue weighted by molar-refractivity contribution is -0.313. The minimum Gasteiger partial charge on any atom is -0.394 e. The number of ether oxygens (including phenoxy) is 2. The summed E-state index contributed by atoms with van der Waals surface area (Å²) in [6.07, 6.45) is 11.9. The van der Waals surface area contributed by atoms with E-state index >= 15 is 0 Å². The van der Waals surface area contributed by atoms with Gasteiger partial charge in [0.25, 0.3) is 0 Å². The van der Waals surface area contributed by atoms with Gasteiger partial charge >= 0.3 is 0 Å². The summed E-state index contributed by atoms with van der Waals surface area (Å²) in [4.78, 5) is 0. The summed E-state index contributed by atoms with van der Waals surface area (Å²) in [5.74, 6) is 5.05. The van der Waals surface area contributed by atoms with E-state index in [0.717, 1.165) is 43.4 Å². The zero-order valence-electron chi connectivity index (χ0n) is 26.4. The Morgan fingerprint density at radius 1 is 0.976 bits per heavy atom. The van der Waals surface area contributed by atoms with E-state index in [2.05, 4.69) is 59.8 Å². The smallest absolute Gasteiger partial charge is 0.186 e. The Hall–Kier alpha value is -0.760. The maximum Gasteiger partial charge on any atom is 0.186 e. The van der Waals surface area contributed by atoms with Crippen LogP contribution in [-0.4, -0.2) is 63.8 Å². The molecule has 0 bridgehead atoms. The van der Waals surface area contributed by atoms with Gasteiger partial charge in [-0.15, -0.1) is 0 Å². The van der Waals surface area contributed by atoms with E-state index in [1.165, 1.54) is 37.7 Å². The standard InChI is InChI=1S/C35H58O6/c1-7-22(20(2)3)9-8-21(4)26-12-13-27-25-11-10-23-18-24(14-16-34(23,5)28(25)15-17-35(26,27)6)40-33-32(39)31(38)30(37)29(19-36)41-33/h8-10,20-22,24-33,36-39H,7,11-19H2,1-6H3/b9-8+/t21?,22?,24?,25?,26?,27?,28?,29-,30-,31-,32-,33-,34+,35?/m1/s1. The normalized spacial score (nSPS) is 47.9. The summed E-state index contributed by atoms with van der Waals surface area (Å²) in [6.45, 7) is 14.2. The van der Waals surface area contributed by atoms with Crippen LogP contribution in [0.1, 0.15) is 99.3 Å². The lowest BCUT2D eigenvalue weighted by atomic mass is 9.47. The minimum atomic E-state index is -1.40. The molecular weight excluding hydrogens is 516 g/mol. The highest BCUT2D eigenvalue weighted by Gasteiger charge is 2.59. The molecular formula is C35H58O6. The quantitative estimate of drug-likeness (QED) is 0.281. The summed E-state index contributed by atoms with van der Waals surface area (Å²) in [7, 11) is 0. The molecule has 1 saturated heterocycles. The van der Waals surface area contributed by atoms with Gasteiger partial charge in [-0.1, -0.05) is 65.3 Å². The molecule has 41 heavy (non-hydrogen) atoms. The molecule has 4 fully saturated rings. The molecule has 5 rings (SSSR count). The number of hydrogen-bond acceptors (Lipinski definition) is 6. The first-order valence-corrected chi connectivity index (χ1v) is 16.8. The van der Waals surface area contributed by atoms with Crippen molar-refractivity contribution in [3.05, 3.63) is 23.8 Å². The van der Waals surface area contributed by atoms with E-state index in [0.29, 0.717) is 29.1 Å². The summed E-state index contributed by atoms with van der Waals surface area (Å²) in [5.41, 5.74) is 2.11. The third-order valence-corrected chi connectivity index (χ3v) is 12.9. The average molecular weight is 575 g/mol. The van der Waals surface area contributed by atoms with Gasteiger partial charge in [-0.3, -0.25) is 0 Å². The minimum absolute atomic E-state index is 0.109. The van der Waals surface area contributed by atoms with Crippen LogP contribution in [0, 0.1) is 52.3 Å². The summed E-state index contributed by atoms with van der Waals surface area (Å²) in [6, 6.07) is 0. The Bertz CT molecular complexity index is 960. The van der Waals surface area contributed by atoms with Gasteiger partial charge in [0, 0.05) is 0 Å². The maximum absolute atomic E-state index is 10.5. The van der Waals surface area contributed by atoms with Crippen LogP contribution in [0.3, 0.4) is 0 Å². The number of aliphatic hydroxyl groups is 4. The zero-order chi connectivity index (χ0) is 29.7. The number of aliphatic hydroxyl groups excluding tert-OH is 4. The Morgan fingerprint density at radius 3 is 2.41 bits per heavy atom. The van der Waals surface area contributed by atoms with Crippen LogP contribution in [0.4, 0.5) is 0 Å². The van der Waals surface area contributed by atoms with Crippen LogP contribution < -0.4 is 0 Å². The second kappa shape index (κ2) is 12.3. The Balaban J connectivity index is 1.26. The second-order valence-electron chi connectivity index (χ2n) is 15.2. The van der Waals surface area contributed by atoms with Crippen molar-refractivity contribution in [3.8, 4) is 0 Å². The van der Waals surface area contributed by atoms with E-state index in [1.807, 2.05) is 0 Å². The molecule has 4 N–H and O–H groups in total. The van der Waals surface area contributed by atoms with Crippen LogP contribution in [0.25, 0.3) is 0 Å². The van der Waals surface area contributed by atoms with Crippen LogP contribution in [0.2, 0.25) is 0 Å². The topological polar surface area (TPSA) is 99.4 Å². The van der Waals surface area contributed by atoms with Gasteiger partial charge in [0.05, 0.1) is 12.7 Å². The zero-order valence-corrected chi connectivity index (χ0v) is 26.4. The molecule has 14 atom stereocenters. The van der Waals surface area contributed by atoms with Crippen molar-refractivity contribution in [3.63, 3.8) is 0 Å². The molecule has 6 nitrogen and oxygen atoms in total. The molecule has 8 unspecified atom stereocenters. The van der Waals surface area contributed by atoms with E-state index < -0.39 is 37.3 Å². The third-order valence-electron chi connectivity index (χ3n) is 12.9. The van der Waals surface area contributed by atoms with Gasteiger partial charge in [-0.2, -0.15) is 0 Å². The van der Waals surface area contributed by atoms with Crippen molar-refractivity contribution in [1.82, 2.24) is 0 Å². The van der Waals surface area contributed by atoms with Crippen molar-refractivity contribution < 1.29 is 29.9 Å². The highest BCUT2D eigenvalue weighted by molar-refractivity contribution is 5.25. The summed E-state index contributed by atoms with van der Waals surface area (Å²) < 4.78 is 11.9. The van der Waals surface area contributed by atoms with E-state index in [4.69, 9.17) is 9.47 Å². The van der Waals surface area contributed by atoms with E-state index in [-0.39, 0.29) is 11.5 Å². The van der Waals surface area contributed by atoms with E-state index in [1.54, 1.807) is 0 Å². The van der Waals surface area contributed by atoms with E-state index in [9.17, 15) is 20.4 Å². The Kier molecular flexibility index (Phi) is 9.51. The van der Waals surface area contributed by atoms with Crippen molar-refractivity contribution in [2.24, 2.45) is 52.3 Å². The van der Waals surface area contributed by atoms with Crippen molar-refractivity contribution in [1.29, 1.82) is 0 Å². The lowest BCUT2D eigenvalue weighted by Crippen LogP contribution is -2.60. The fourth-order valence-corrected chi connectivity index (χ4v) is 10.3. The number of rotatable bonds is 8. The van der Waals surface area contributed by atoms with Crippen LogP contribution in [0.15, 0.2) is 23.8 Å². The predicted octanol–water partition coefficient (Wildman–Crippen LogP) is 5.63. The van der Waals surface area contributed by atoms with Crippen molar-refractivity contribution in [2.75, 3.05) is 6.61 Å². The van der Waals surface area contributed by atoms with Gasteiger partial charge in [0.1, 0.15) is 24.4 Å². The first kappa shape index (κ1) is 31.7. The SMILES string of the molecule is CCC(/C=C/C(C)C1CCC2C3CC=C4CC(O[C@@H]5O[C@H](CO)[C@@H](O)[C@@H](O)[C@H]5O)CC[C@]4(C)C3CCC12C)C(C)C. The molecule has 0 radical (unpaired) electrons. The van der Waals surface area contributed by atoms with Crippen LogP contribution >= 0.6 is 0 Å². The third kappa shape index (κ3) is 5.64. The fourth-order valence-electron chi connectivity index (χ4n) is 10.3. The first-order valence-electron chi connectivity index (χ1n) is 16.8. The largest absolute Gasteiger partial charge is 0.394 e. The maximum atomic E-state index is 10.5. The molecule has 0 aromatic carbocycles. The number of allylic oxidation sites excluding steroid dienone is 3. The Labute approximate surface area is 248 Å². The molecule has 234 valence electrons. The van der Waals surface area contributed by atoms with Crippen LogP contribution in [0.5, 0.6) is 0 Å². The second-order valence-corrected chi connectivity index (χ2v) is 15.2. The predicted molar refractivity (Wildman–Crippen MR) is 161 cm³/mol. The van der Waals surface area contributed by atoms with Gasteiger partial charge in [-0.05, 0) is 110 Å². The highest BCUT2D eigenvalue weighted by atomic mass is 16.7. The van der Waals surface area contributed by atoms with Gasteiger partial charge in [0.15, 0.2) is 6.29 Å². The summed E-state index contributed by atoms with van der Waals surface area (Å²) >= 11 is 0. The molecule has 1 heterocycles. The molecule has 6 heteroatoms. The average Bonchev–Trinajstić information content (AvgIpc) is 3.30. The van der Waals surface area contributed by atoms with Crippen molar-refractivity contribution >= 4 is 0 Å². The molecule has 0 amide bonds. The monoisotopic (exact) mass is 574 g/mol. The molecule has 0 spiro atoms. The highest BCUT2D eigenvalue weighted by Crippen LogP contribution is 2.67. The first-order chi connectivity index (χ1) is 19.4. The lowest BCUT2D eigenvalue weighted by Gasteiger charge is -2.58. The molecule has 4 aliphatic carbocycles. The van der Waals surface area contributed by atoms with Gasteiger partial charge < -0.3 is 29.9 Å². The Morgan fingerprint density at radius 2 is 1.73 bits per heavy atom. The van der Waals surface area contributed by atoms with Gasteiger partial charge in [-0.25, -0.2) is 0 Å². The van der Waals surface area contributed by atoms with Crippen molar-refractivity contribution in [2.45, 2.75) is 136 Å². The molecule has 5 aliphatic rings. The molecule has 1 aliphatic heterocycles. The number of hydrogen-bond donors (Lipinski definition) is 4. The number of fused-ring (bicyclic) bond motifs is 5. The molecule has 0 aromatic heterocycles. The molecule has 3 saturated carbocycles. The fraction of sp³-hybridized carbons (Fsp3) is 0.886. The summed E-state index contributed by atoms with van der Waals surface area (Å²) in [5, 5.41) is 40.4. The van der Waals surface area contributed by atoms with Gasteiger partial charge in [0.2, 0.25) is 0 Å². The van der Waals surface area contributed by atoms with Crippen LogP contribution in [-0.2, 0) is 9.47 Å².